The molecule has 1 fully saturated rings. The van der Waals surface area contributed by atoms with E-state index in [1.54, 1.807) is 7.11 Å². The fourth-order valence-electron chi connectivity index (χ4n) is 1.45. The number of hydrogen-bond acceptors (Lipinski definition) is 3. The molecule has 12 heavy (non-hydrogen) atoms. The maximum Gasteiger partial charge on any atom is 0.139 e. The summed E-state index contributed by atoms with van der Waals surface area (Å²) in [7, 11) is 3.64. The van der Waals surface area contributed by atoms with E-state index in [9.17, 15) is 0 Å². The van der Waals surface area contributed by atoms with Gasteiger partial charge in [-0.2, -0.15) is 0 Å². The highest BCUT2D eigenvalue weighted by atomic mass is 16.6. The van der Waals surface area contributed by atoms with Crippen molar-refractivity contribution in [3.8, 4) is 0 Å². The fourth-order valence-corrected chi connectivity index (χ4v) is 1.45. The van der Waals surface area contributed by atoms with Crippen LogP contribution in [0, 0.1) is 0 Å². The molecule has 0 bridgehead atoms. The van der Waals surface area contributed by atoms with Gasteiger partial charge in [-0.05, 0) is 12.0 Å². The number of hydrogen-bond donors (Lipinski definition) is 0. The first kappa shape index (κ1) is 9.38. The van der Waals surface area contributed by atoms with E-state index < -0.39 is 0 Å². The number of rotatable bonds is 3. The van der Waals surface area contributed by atoms with Crippen molar-refractivity contribution < 1.29 is 9.47 Å². The lowest BCUT2D eigenvalue weighted by Crippen LogP contribution is -2.25. The first-order valence-corrected chi connectivity index (χ1v) is 3.97. The Labute approximate surface area is 72.1 Å². The molecular formula is C6H12BN3O2. The quantitative estimate of drug-likeness (QED) is 0.259. The van der Waals surface area contributed by atoms with Gasteiger partial charge >= 0.3 is 0 Å². The van der Waals surface area contributed by atoms with Crippen LogP contribution >= 0.6 is 0 Å². The standard InChI is InChI=1S/C6H12BN3O2/c1-11-4-2-6(7)12-5(4)3-9-10-8/h4-6H,2-3,7H2,1H3/t4?,5-,6-/m1/s1. The SMILES string of the molecule is B[C@H]1CC(OC)[C@@H](CN=[N+]=[N-])O1. The first-order valence-electron chi connectivity index (χ1n) is 3.97. The molecule has 0 aliphatic carbocycles. The molecule has 0 saturated carbocycles. The summed E-state index contributed by atoms with van der Waals surface area (Å²) in [6.45, 7) is 0.360. The summed E-state index contributed by atoms with van der Waals surface area (Å²) in [5.74, 6) is 0. The second kappa shape index (κ2) is 4.35. The van der Waals surface area contributed by atoms with Crippen LogP contribution in [0.4, 0.5) is 0 Å². The van der Waals surface area contributed by atoms with Gasteiger partial charge < -0.3 is 9.47 Å². The fraction of sp³-hybridized carbons (Fsp3) is 1.00. The van der Waals surface area contributed by atoms with Crippen LogP contribution in [0.3, 0.4) is 0 Å². The van der Waals surface area contributed by atoms with E-state index in [-0.39, 0.29) is 18.2 Å². The van der Waals surface area contributed by atoms with Crippen molar-refractivity contribution in [2.75, 3.05) is 13.7 Å². The van der Waals surface area contributed by atoms with Crippen molar-refractivity contribution in [1.29, 1.82) is 0 Å². The number of azide groups is 1. The van der Waals surface area contributed by atoms with E-state index in [0.717, 1.165) is 6.42 Å². The lowest BCUT2D eigenvalue weighted by atomic mass is 9.96. The Morgan fingerprint density at radius 3 is 3.17 bits per heavy atom. The van der Waals surface area contributed by atoms with Crippen molar-refractivity contribution in [1.82, 2.24) is 0 Å². The normalized spacial score (nSPS) is 34.6. The lowest BCUT2D eigenvalue weighted by Gasteiger charge is -2.13. The average molecular weight is 169 g/mol. The molecule has 0 N–H and O–H groups in total. The van der Waals surface area contributed by atoms with Gasteiger partial charge in [0.25, 0.3) is 0 Å². The van der Waals surface area contributed by atoms with E-state index in [4.69, 9.17) is 15.0 Å². The molecule has 0 aromatic rings. The van der Waals surface area contributed by atoms with Crippen molar-refractivity contribution in [2.24, 2.45) is 5.11 Å². The molecule has 3 atom stereocenters. The Morgan fingerprint density at radius 2 is 2.58 bits per heavy atom. The number of ether oxygens (including phenoxy) is 2. The highest BCUT2D eigenvalue weighted by Gasteiger charge is 2.31. The molecule has 1 rings (SSSR count). The van der Waals surface area contributed by atoms with Crippen LogP contribution in [-0.2, 0) is 9.47 Å². The predicted octanol–water partition coefficient (Wildman–Crippen LogP) is 0.0598. The van der Waals surface area contributed by atoms with Crippen LogP contribution < -0.4 is 0 Å². The van der Waals surface area contributed by atoms with Gasteiger partial charge in [0.05, 0.1) is 18.8 Å². The van der Waals surface area contributed by atoms with E-state index in [2.05, 4.69) is 10.0 Å². The molecule has 6 heteroatoms. The maximum absolute atomic E-state index is 8.11. The topological polar surface area (TPSA) is 67.2 Å². The monoisotopic (exact) mass is 169 g/mol. The summed E-state index contributed by atoms with van der Waals surface area (Å²) >= 11 is 0. The van der Waals surface area contributed by atoms with Crippen LogP contribution in [0.1, 0.15) is 6.42 Å². The van der Waals surface area contributed by atoms with Gasteiger partial charge in [0.1, 0.15) is 7.85 Å². The minimum absolute atomic E-state index is 0.0686. The van der Waals surface area contributed by atoms with E-state index >= 15 is 0 Å². The smallest absolute Gasteiger partial charge is 0.139 e. The molecular weight excluding hydrogens is 157 g/mol. The van der Waals surface area contributed by atoms with Crippen LogP contribution in [0.15, 0.2) is 5.11 Å². The predicted molar refractivity (Wildman–Crippen MR) is 46.6 cm³/mol. The molecule has 66 valence electrons. The molecule has 1 saturated heterocycles. The summed E-state index contributed by atoms with van der Waals surface area (Å²) in [6, 6.07) is 0.203. The Kier molecular flexibility index (Phi) is 3.40. The van der Waals surface area contributed by atoms with Gasteiger partial charge in [-0.3, -0.25) is 0 Å². The van der Waals surface area contributed by atoms with Crippen molar-refractivity contribution >= 4 is 7.85 Å². The van der Waals surface area contributed by atoms with Crippen LogP contribution in [0.25, 0.3) is 10.4 Å². The third-order valence-corrected chi connectivity index (χ3v) is 2.01. The van der Waals surface area contributed by atoms with E-state index in [1.807, 2.05) is 7.85 Å². The largest absolute Gasteiger partial charge is 0.381 e. The molecule has 0 aromatic carbocycles. The van der Waals surface area contributed by atoms with Crippen LogP contribution in [0.2, 0.25) is 0 Å². The Hall–Kier alpha value is -0.705. The summed E-state index contributed by atoms with van der Waals surface area (Å²) in [4.78, 5) is 2.68. The van der Waals surface area contributed by atoms with Crippen molar-refractivity contribution in [2.45, 2.75) is 24.6 Å². The summed E-state index contributed by atoms with van der Waals surface area (Å²) in [5, 5.41) is 3.46. The highest BCUT2D eigenvalue weighted by molar-refractivity contribution is 6.11. The summed E-state index contributed by atoms with van der Waals surface area (Å²) < 4.78 is 10.7. The molecule has 1 aliphatic heterocycles. The molecule has 0 amide bonds. The zero-order valence-corrected chi connectivity index (χ0v) is 7.30. The third kappa shape index (κ3) is 2.14. The number of methoxy groups -OCH3 is 1. The van der Waals surface area contributed by atoms with Gasteiger partial charge in [0.2, 0.25) is 0 Å². The molecule has 5 nitrogen and oxygen atoms in total. The third-order valence-electron chi connectivity index (χ3n) is 2.01. The molecule has 0 radical (unpaired) electrons. The summed E-state index contributed by atoms with van der Waals surface area (Å²) in [5.41, 5.74) is 8.11. The van der Waals surface area contributed by atoms with Gasteiger partial charge in [-0.1, -0.05) is 5.11 Å². The van der Waals surface area contributed by atoms with E-state index in [1.165, 1.54) is 0 Å². The number of nitrogens with zero attached hydrogens (tertiary/aromatic N) is 3. The summed E-state index contributed by atoms with van der Waals surface area (Å²) in [6.07, 6.45) is 0.883. The zero-order valence-electron chi connectivity index (χ0n) is 7.30. The molecule has 1 unspecified atom stereocenters. The highest BCUT2D eigenvalue weighted by Crippen LogP contribution is 2.20. The Morgan fingerprint density at radius 1 is 1.83 bits per heavy atom. The molecule has 0 spiro atoms. The van der Waals surface area contributed by atoms with Crippen LogP contribution in [0.5, 0.6) is 0 Å². The second-order valence-electron chi connectivity index (χ2n) is 2.91. The maximum atomic E-state index is 8.11. The molecule has 1 heterocycles. The van der Waals surface area contributed by atoms with Crippen molar-refractivity contribution in [3.05, 3.63) is 10.4 Å². The van der Waals surface area contributed by atoms with Gasteiger partial charge in [0, 0.05) is 18.0 Å². The van der Waals surface area contributed by atoms with Crippen LogP contribution in [-0.4, -0.2) is 39.7 Å². The zero-order chi connectivity index (χ0) is 8.97. The minimum atomic E-state index is -0.0686. The molecule has 1 aliphatic rings. The van der Waals surface area contributed by atoms with Crippen molar-refractivity contribution in [3.63, 3.8) is 0 Å². The van der Waals surface area contributed by atoms with Gasteiger partial charge in [-0.15, -0.1) is 0 Å². The lowest BCUT2D eigenvalue weighted by molar-refractivity contribution is 0.0155. The first-order chi connectivity index (χ1) is 5.77. The molecule has 0 aromatic heterocycles. The Bertz CT molecular complexity index is 195. The van der Waals surface area contributed by atoms with Gasteiger partial charge in [0.15, 0.2) is 0 Å². The van der Waals surface area contributed by atoms with Gasteiger partial charge in [-0.25, -0.2) is 0 Å². The minimum Gasteiger partial charge on any atom is -0.381 e. The van der Waals surface area contributed by atoms with E-state index in [0.29, 0.717) is 6.54 Å². The Balaban J connectivity index is 2.45. The second-order valence-corrected chi connectivity index (χ2v) is 2.91. The average Bonchev–Trinajstić information content (AvgIpc) is 2.42.